The van der Waals surface area contributed by atoms with Crippen LogP contribution >= 0.6 is 0 Å². The predicted octanol–water partition coefficient (Wildman–Crippen LogP) is 8.90. The first kappa shape index (κ1) is 27.1. The Hall–Kier alpha value is -6.14. The maximum absolute atomic E-state index is 9.57. The van der Waals surface area contributed by atoms with Crippen LogP contribution in [0.2, 0.25) is 0 Å². The zero-order chi connectivity index (χ0) is 30.3. The van der Waals surface area contributed by atoms with E-state index in [0.29, 0.717) is 22.3 Å². The van der Waals surface area contributed by atoms with Crippen LogP contribution in [0.3, 0.4) is 0 Å². The van der Waals surface area contributed by atoms with Crippen molar-refractivity contribution in [2.45, 2.75) is 26.2 Å². The summed E-state index contributed by atoms with van der Waals surface area (Å²) in [6, 6.07) is 40.0. The fraction of sp³-hybridized carbons (Fsp3) is 0.105. The molecule has 0 N–H and O–H groups in total. The Balaban J connectivity index is 1.69. The van der Waals surface area contributed by atoms with E-state index in [0.717, 1.165) is 49.7 Å². The second-order valence-electron chi connectivity index (χ2n) is 11.6. The summed E-state index contributed by atoms with van der Waals surface area (Å²) in [5.41, 5.74) is 9.36. The van der Waals surface area contributed by atoms with Crippen LogP contribution in [0.4, 0.5) is 0 Å². The van der Waals surface area contributed by atoms with Crippen molar-refractivity contribution in [3.8, 4) is 52.2 Å². The average molecular weight is 552 g/mol. The van der Waals surface area contributed by atoms with Crippen molar-refractivity contribution in [2.75, 3.05) is 0 Å². The van der Waals surface area contributed by atoms with Crippen molar-refractivity contribution < 1.29 is 0 Å². The van der Waals surface area contributed by atoms with Gasteiger partial charge >= 0.3 is 0 Å². The van der Waals surface area contributed by atoms with Gasteiger partial charge in [0.1, 0.15) is 0 Å². The Morgan fingerprint density at radius 1 is 0.488 bits per heavy atom. The first-order valence-corrected chi connectivity index (χ1v) is 13.8. The third-order valence-corrected chi connectivity index (χ3v) is 7.77. The van der Waals surface area contributed by atoms with Gasteiger partial charge in [-0.15, -0.1) is 0 Å². The van der Waals surface area contributed by atoms with Crippen molar-refractivity contribution >= 4 is 21.8 Å². The van der Waals surface area contributed by atoms with Gasteiger partial charge in [0.25, 0.3) is 0 Å². The van der Waals surface area contributed by atoms with Crippen molar-refractivity contribution in [1.29, 1.82) is 21.0 Å². The van der Waals surface area contributed by atoms with Crippen LogP contribution in [0.15, 0.2) is 97.1 Å². The van der Waals surface area contributed by atoms with Crippen molar-refractivity contribution in [1.82, 2.24) is 4.57 Å². The van der Waals surface area contributed by atoms with E-state index in [1.54, 1.807) is 36.4 Å². The molecule has 0 saturated carbocycles. The summed E-state index contributed by atoms with van der Waals surface area (Å²) in [4.78, 5) is 0. The highest BCUT2D eigenvalue weighted by molar-refractivity contribution is 6.11. The molecule has 0 saturated heterocycles. The molecular weight excluding hydrogens is 526 g/mol. The Kier molecular flexibility index (Phi) is 6.52. The van der Waals surface area contributed by atoms with E-state index in [9.17, 15) is 21.0 Å². The molecule has 0 radical (unpaired) electrons. The fourth-order valence-electron chi connectivity index (χ4n) is 5.79. The largest absolute Gasteiger partial charge is 0.309 e. The molecule has 5 aromatic carbocycles. The van der Waals surface area contributed by atoms with Crippen LogP contribution < -0.4 is 0 Å². The zero-order valence-electron chi connectivity index (χ0n) is 24.0. The molecular formula is C38H25N5. The normalized spacial score (nSPS) is 11.0. The molecule has 0 unspecified atom stereocenters. The van der Waals surface area contributed by atoms with E-state index in [1.807, 2.05) is 12.1 Å². The molecule has 202 valence electrons. The van der Waals surface area contributed by atoms with Gasteiger partial charge in [-0.1, -0.05) is 51.1 Å². The van der Waals surface area contributed by atoms with E-state index in [2.05, 4.69) is 98.1 Å². The summed E-state index contributed by atoms with van der Waals surface area (Å²) in [6.07, 6.45) is 0. The lowest BCUT2D eigenvalue weighted by Gasteiger charge is -2.24. The standard InChI is InChI=1S/C38H25N5/c1-38(2,3)34-6-4-5-7-37(34)43-35-10-8-28(30-14-24(20-39)12-25(15-30)21-40)18-32(35)33-19-29(9-11-36(33)43)31-16-26(22-41)13-27(17-31)23-42/h4-19H,1-3H3. The third kappa shape index (κ3) is 4.77. The molecule has 43 heavy (non-hydrogen) atoms. The smallest absolute Gasteiger partial charge is 0.0992 e. The molecule has 0 spiro atoms. The summed E-state index contributed by atoms with van der Waals surface area (Å²) in [6.45, 7) is 6.62. The van der Waals surface area contributed by atoms with Crippen LogP contribution in [-0.4, -0.2) is 4.57 Å². The van der Waals surface area contributed by atoms with Crippen LogP contribution in [0.5, 0.6) is 0 Å². The summed E-state index contributed by atoms with van der Waals surface area (Å²) < 4.78 is 2.29. The summed E-state index contributed by atoms with van der Waals surface area (Å²) in [5.74, 6) is 0. The third-order valence-electron chi connectivity index (χ3n) is 7.77. The number of fused-ring (bicyclic) bond motifs is 3. The highest BCUT2D eigenvalue weighted by atomic mass is 15.0. The lowest BCUT2D eigenvalue weighted by Crippen LogP contribution is -2.15. The van der Waals surface area contributed by atoms with E-state index >= 15 is 0 Å². The minimum absolute atomic E-state index is 0.101. The Labute approximate surface area is 250 Å². The number of aromatic nitrogens is 1. The van der Waals surface area contributed by atoms with Crippen LogP contribution in [-0.2, 0) is 5.41 Å². The molecule has 1 aromatic heterocycles. The molecule has 0 amide bonds. The first-order chi connectivity index (χ1) is 20.7. The number of hydrogen-bond donors (Lipinski definition) is 0. The molecule has 6 aromatic rings. The average Bonchev–Trinajstić information content (AvgIpc) is 3.36. The lowest BCUT2D eigenvalue weighted by atomic mass is 9.85. The lowest BCUT2D eigenvalue weighted by molar-refractivity contribution is 0.587. The number of para-hydroxylation sites is 1. The van der Waals surface area contributed by atoms with Gasteiger partial charge < -0.3 is 4.57 Å². The Morgan fingerprint density at radius 3 is 1.30 bits per heavy atom. The van der Waals surface area contributed by atoms with Crippen LogP contribution in [0, 0.1) is 45.3 Å². The molecule has 1 heterocycles. The number of hydrogen-bond acceptors (Lipinski definition) is 4. The summed E-state index contributed by atoms with van der Waals surface area (Å²) >= 11 is 0. The van der Waals surface area contributed by atoms with Crippen molar-refractivity contribution in [3.05, 3.63) is 125 Å². The number of nitrogens with zero attached hydrogens (tertiary/aromatic N) is 5. The molecule has 0 bridgehead atoms. The molecule has 5 heteroatoms. The predicted molar refractivity (Wildman–Crippen MR) is 169 cm³/mol. The molecule has 0 atom stereocenters. The SMILES string of the molecule is CC(C)(C)c1ccccc1-n1c2ccc(-c3cc(C#N)cc(C#N)c3)cc2c2cc(-c3cc(C#N)cc(C#N)c3)ccc21. The van der Waals surface area contributed by atoms with E-state index in [1.165, 1.54) is 5.56 Å². The molecule has 5 nitrogen and oxygen atoms in total. The monoisotopic (exact) mass is 551 g/mol. The van der Waals surface area contributed by atoms with Gasteiger partial charge in [-0.3, -0.25) is 0 Å². The first-order valence-electron chi connectivity index (χ1n) is 13.8. The second kappa shape index (κ2) is 10.4. The van der Waals surface area contributed by atoms with Gasteiger partial charge in [0.05, 0.1) is 57.6 Å². The van der Waals surface area contributed by atoms with Gasteiger partial charge in [-0.05, 0) is 100.0 Å². The van der Waals surface area contributed by atoms with Gasteiger partial charge in [0.2, 0.25) is 0 Å². The van der Waals surface area contributed by atoms with E-state index in [4.69, 9.17) is 0 Å². The summed E-state index contributed by atoms with van der Waals surface area (Å²) in [5, 5.41) is 40.3. The van der Waals surface area contributed by atoms with Gasteiger partial charge in [0, 0.05) is 16.5 Å². The fourth-order valence-corrected chi connectivity index (χ4v) is 5.79. The van der Waals surface area contributed by atoms with Gasteiger partial charge in [0.15, 0.2) is 0 Å². The van der Waals surface area contributed by atoms with Gasteiger partial charge in [-0.25, -0.2) is 0 Å². The number of nitriles is 4. The minimum atomic E-state index is -0.101. The van der Waals surface area contributed by atoms with E-state index < -0.39 is 0 Å². The topological polar surface area (TPSA) is 100 Å². The Bertz CT molecular complexity index is 2070. The van der Waals surface area contributed by atoms with Crippen LogP contribution in [0.1, 0.15) is 48.6 Å². The highest BCUT2D eigenvalue weighted by Gasteiger charge is 2.22. The van der Waals surface area contributed by atoms with E-state index in [-0.39, 0.29) is 5.41 Å². The number of rotatable bonds is 3. The maximum atomic E-state index is 9.57. The molecule has 0 aliphatic carbocycles. The van der Waals surface area contributed by atoms with Crippen LogP contribution in [0.25, 0.3) is 49.7 Å². The molecule has 0 aliphatic rings. The summed E-state index contributed by atoms with van der Waals surface area (Å²) in [7, 11) is 0. The zero-order valence-corrected chi connectivity index (χ0v) is 24.0. The maximum Gasteiger partial charge on any atom is 0.0992 e. The molecule has 0 fully saturated rings. The van der Waals surface area contributed by atoms with Crippen molar-refractivity contribution in [2.24, 2.45) is 0 Å². The van der Waals surface area contributed by atoms with Crippen molar-refractivity contribution in [3.63, 3.8) is 0 Å². The molecule has 0 aliphatic heterocycles. The quantitative estimate of drug-likeness (QED) is 0.219. The minimum Gasteiger partial charge on any atom is -0.309 e. The molecule has 6 rings (SSSR count). The van der Waals surface area contributed by atoms with Gasteiger partial charge in [-0.2, -0.15) is 21.0 Å². The number of benzene rings is 5. The highest BCUT2D eigenvalue weighted by Crippen LogP contribution is 2.40. The second-order valence-corrected chi connectivity index (χ2v) is 11.6. The Morgan fingerprint density at radius 2 is 0.907 bits per heavy atom.